The molecule has 7 nitrogen and oxygen atoms in total. The van der Waals surface area contributed by atoms with Gasteiger partial charge in [0.1, 0.15) is 15.6 Å². The lowest BCUT2D eigenvalue weighted by atomic mass is 9.74. The molecular formula is C19H17F5N6OS2. The standard InChI is InChI=1S/C19H17F5N6OS2/c20-33(21,22,23,24)14-3-1-13(2-4-14)19(12-25)7-9-30(10-8-19)16-6-5-15(26-27-16)18-29-28-17(11-31)32-18/h1-6,31H,7-11H2. The molecule has 0 bridgehead atoms. The van der Waals surface area contributed by atoms with Crippen molar-refractivity contribution in [1.29, 1.82) is 5.26 Å². The second-order valence-electron chi connectivity index (χ2n) is 7.61. The summed E-state index contributed by atoms with van der Waals surface area (Å²) in [6.45, 7) is 0.525. The SMILES string of the molecule is N#CC1(c2ccc(S(F)(F)(F)(F)F)cc2)CCN(c2ccc(-c3nnc(CO)s3)nn2)CC1. The van der Waals surface area contributed by atoms with Gasteiger partial charge in [-0.25, -0.2) is 0 Å². The number of hydrogen-bond acceptors (Lipinski definition) is 8. The van der Waals surface area contributed by atoms with Crippen molar-refractivity contribution in [1.82, 2.24) is 20.4 Å². The molecule has 1 aliphatic rings. The zero-order chi connectivity index (χ0) is 24.0. The third kappa shape index (κ3) is 4.75. The van der Waals surface area contributed by atoms with E-state index in [0.717, 1.165) is 12.1 Å². The molecular weight excluding hydrogens is 487 g/mol. The van der Waals surface area contributed by atoms with Crippen LogP contribution in [0.1, 0.15) is 23.4 Å². The van der Waals surface area contributed by atoms with Crippen LogP contribution in [-0.2, 0) is 12.0 Å². The van der Waals surface area contributed by atoms with Crippen LogP contribution < -0.4 is 4.90 Å². The van der Waals surface area contributed by atoms with Gasteiger partial charge in [-0.3, -0.25) is 0 Å². The number of nitrogens with zero attached hydrogens (tertiary/aromatic N) is 6. The summed E-state index contributed by atoms with van der Waals surface area (Å²) in [4.78, 5) is -0.0875. The first-order valence-electron chi connectivity index (χ1n) is 9.62. The third-order valence-corrected chi connectivity index (χ3v) is 7.57. The Morgan fingerprint density at radius 3 is 2.12 bits per heavy atom. The molecule has 4 rings (SSSR count). The first kappa shape index (κ1) is 23.3. The van der Waals surface area contributed by atoms with Crippen LogP contribution in [-0.4, -0.2) is 38.6 Å². The van der Waals surface area contributed by atoms with Crippen LogP contribution in [0.5, 0.6) is 0 Å². The van der Waals surface area contributed by atoms with Crippen LogP contribution in [0.4, 0.5) is 25.2 Å². The maximum atomic E-state index is 13.0. The third-order valence-electron chi connectivity index (χ3n) is 5.48. The van der Waals surface area contributed by atoms with E-state index in [4.69, 9.17) is 5.11 Å². The van der Waals surface area contributed by atoms with E-state index in [1.54, 1.807) is 12.1 Å². The molecule has 2 aromatic heterocycles. The van der Waals surface area contributed by atoms with Crippen LogP contribution in [0.25, 0.3) is 10.7 Å². The molecule has 0 atom stereocenters. The fraction of sp³-hybridized carbons (Fsp3) is 0.316. The van der Waals surface area contributed by atoms with Gasteiger partial charge in [-0.05, 0) is 42.7 Å². The van der Waals surface area contributed by atoms with Crippen LogP contribution in [0, 0.1) is 11.3 Å². The highest BCUT2D eigenvalue weighted by Gasteiger charge is 2.65. The summed E-state index contributed by atoms with van der Waals surface area (Å²) in [7, 11) is -9.76. The Bertz CT molecular complexity index is 1200. The Morgan fingerprint density at radius 2 is 1.64 bits per heavy atom. The fourth-order valence-electron chi connectivity index (χ4n) is 3.64. The van der Waals surface area contributed by atoms with Crippen molar-refractivity contribution in [3.05, 3.63) is 47.0 Å². The average molecular weight is 505 g/mol. The molecule has 0 unspecified atom stereocenters. The lowest BCUT2D eigenvalue weighted by molar-refractivity contribution is 0.280. The highest BCUT2D eigenvalue weighted by molar-refractivity contribution is 8.45. The predicted octanol–water partition coefficient (Wildman–Crippen LogP) is 5.21. The summed E-state index contributed by atoms with van der Waals surface area (Å²) < 4.78 is 65.0. The van der Waals surface area contributed by atoms with Crippen LogP contribution in [0.15, 0.2) is 41.3 Å². The smallest absolute Gasteiger partial charge is 0.310 e. The zero-order valence-corrected chi connectivity index (χ0v) is 18.5. The number of aliphatic hydroxyl groups is 1. The molecule has 0 spiro atoms. The number of benzene rings is 1. The first-order valence-corrected chi connectivity index (χ1v) is 12.4. The molecule has 1 saturated heterocycles. The summed E-state index contributed by atoms with van der Waals surface area (Å²) >= 11 is 1.19. The predicted molar refractivity (Wildman–Crippen MR) is 113 cm³/mol. The van der Waals surface area contributed by atoms with Crippen molar-refractivity contribution in [2.24, 2.45) is 0 Å². The van der Waals surface area contributed by atoms with Gasteiger partial charge >= 0.3 is 10.2 Å². The Balaban J connectivity index is 1.48. The van der Waals surface area contributed by atoms with E-state index >= 15 is 0 Å². The van der Waals surface area contributed by atoms with Gasteiger partial charge in [-0.2, -0.15) is 5.26 Å². The van der Waals surface area contributed by atoms with E-state index in [0.29, 0.717) is 46.7 Å². The van der Waals surface area contributed by atoms with Crippen LogP contribution in [0.3, 0.4) is 0 Å². The van der Waals surface area contributed by atoms with Gasteiger partial charge in [0.15, 0.2) is 10.8 Å². The number of halogens is 5. The Hall–Kier alpha value is -2.89. The molecule has 3 heterocycles. The van der Waals surface area contributed by atoms with Gasteiger partial charge in [-0.15, -0.1) is 20.4 Å². The summed E-state index contributed by atoms with van der Waals surface area (Å²) in [5.74, 6) is 0.549. The lowest BCUT2D eigenvalue weighted by Gasteiger charge is -2.41. The maximum Gasteiger partial charge on any atom is 0.310 e. The molecule has 0 saturated carbocycles. The topological polar surface area (TPSA) is 98.8 Å². The van der Waals surface area contributed by atoms with Gasteiger partial charge in [-0.1, -0.05) is 42.9 Å². The second kappa shape index (κ2) is 7.31. The van der Waals surface area contributed by atoms with E-state index < -0.39 is 20.5 Å². The molecule has 176 valence electrons. The molecule has 1 aromatic carbocycles. The Morgan fingerprint density at radius 1 is 0.970 bits per heavy atom. The summed E-state index contributed by atoms with van der Waals surface area (Å²) in [5, 5.41) is 35.9. The van der Waals surface area contributed by atoms with Gasteiger partial charge in [0.25, 0.3) is 0 Å². The molecule has 0 amide bonds. The van der Waals surface area contributed by atoms with Gasteiger partial charge < -0.3 is 10.0 Å². The van der Waals surface area contributed by atoms with E-state index in [9.17, 15) is 24.7 Å². The van der Waals surface area contributed by atoms with E-state index in [1.807, 2.05) is 4.90 Å². The summed E-state index contributed by atoms with van der Waals surface area (Å²) in [6, 6.07) is 8.22. The number of aromatic nitrogens is 4. The molecule has 14 heteroatoms. The zero-order valence-electron chi connectivity index (χ0n) is 16.8. The van der Waals surface area contributed by atoms with Crippen molar-refractivity contribution in [2.45, 2.75) is 29.8 Å². The highest BCUT2D eigenvalue weighted by Crippen LogP contribution is 3.02. The van der Waals surface area contributed by atoms with Gasteiger partial charge in [0.05, 0.1) is 18.1 Å². The summed E-state index contributed by atoms with van der Waals surface area (Å²) in [5.41, 5.74) is -0.330. The number of rotatable bonds is 5. The van der Waals surface area contributed by atoms with E-state index in [-0.39, 0.29) is 25.0 Å². The molecule has 0 aliphatic carbocycles. The molecule has 33 heavy (non-hydrogen) atoms. The van der Waals surface area contributed by atoms with Crippen molar-refractivity contribution in [3.8, 4) is 16.8 Å². The monoisotopic (exact) mass is 504 g/mol. The number of aliphatic hydroxyl groups excluding tert-OH is 1. The minimum atomic E-state index is -9.76. The van der Waals surface area contributed by atoms with Crippen molar-refractivity contribution >= 4 is 27.4 Å². The fourth-order valence-corrected chi connectivity index (χ4v) is 4.96. The lowest BCUT2D eigenvalue weighted by Crippen LogP contribution is -2.42. The van der Waals surface area contributed by atoms with Crippen molar-refractivity contribution < 1.29 is 24.5 Å². The number of nitriles is 1. The van der Waals surface area contributed by atoms with E-state index in [2.05, 4.69) is 26.5 Å². The van der Waals surface area contributed by atoms with Crippen LogP contribution in [0.2, 0.25) is 0 Å². The normalized spacial score (nSPS) is 18.3. The average Bonchev–Trinajstić information content (AvgIpc) is 3.27. The molecule has 1 fully saturated rings. The second-order valence-corrected chi connectivity index (χ2v) is 11.1. The van der Waals surface area contributed by atoms with Gasteiger partial charge in [0.2, 0.25) is 0 Å². The van der Waals surface area contributed by atoms with Crippen molar-refractivity contribution in [3.63, 3.8) is 0 Å². The Kier molecular flexibility index (Phi) is 5.15. The van der Waals surface area contributed by atoms with E-state index in [1.165, 1.54) is 11.3 Å². The maximum absolute atomic E-state index is 13.0. The quantitative estimate of drug-likeness (QED) is 0.477. The summed E-state index contributed by atoms with van der Waals surface area (Å²) in [6.07, 6.45) is 0.553. The van der Waals surface area contributed by atoms with Crippen molar-refractivity contribution in [2.75, 3.05) is 18.0 Å². The first-order chi connectivity index (χ1) is 15.3. The molecule has 0 radical (unpaired) electrons. The molecule has 1 aliphatic heterocycles. The number of piperidine rings is 1. The molecule has 1 N–H and O–H groups in total. The van der Waals surface area contributed by atoms with Gasteiger partial charge in [0, 0.05) is 13.1 Å². The van der Waals surface area contributed by atoms with Crippen LogP contribution >= 0.6 is 21.6 Å². The molecule has 3 aromatic rings. The number of anilines is 1. The minimum absolute atomic E-state index is 0.222. The number of hydrogen-bond donors (Lipinski definition) is 1. The highest BCUT2D eigenvalue weighted by atomic mass is 32.5. The largest absolute Gasteiger partial charge is 0.389 e. The Labute approximate surface area is 189 Å². The minimum Gasteiger partial charge on any atom is -0.389 e.